The zero-order valence-corrected chi connectivity index (χ0v) is 10.9. The summed E-state index contributed by atoms with van der Waals surface area (Å²) >= 11 is 0. The van der Waals surface area contributed by atoms with Crippen LogP contribution in [0.4, 0.5) is 0 Å². The molecule has 2 N–H and O–H groups in total. The summed E-state index contributed by atoms with van der Waals surface area (Å²) in [5.74, 6) is 0.565. The van der Waals surface area contributed by atoms with E-state index in [2.05, 4.69) is 24.0 Å². The van der Waals surface area contributed by atoms with Gasteiger partial charge in [0.2, 0.25) is 5.91 Å². The van der Waals surface area contributed by atoms with Crippen LogP contribution in [0.25, 0.3) is 0 Å². The summed E-state index contributed by atoms with van der Waals surface area (Å²) in [4.78, 5) is 13.1. The molecule has 0 unspecified atom stereocenters. The Balaban J connectivity index is 1.85. The molecule has 0 bridgehead atoms. The molecule has 96 valence electrons. The van der Waals surface area contributed by atoms with Crippen molar-refractivity contribution in [2.24, 2.45) is 5.73 Å². The maximum absolute atomic E-state index is 11.0. The molecule has 0 atom stereocenters. The lowest BCUT2D eigenvalue weighted by Gasteiger charge is -2.28. The molecule has 1 fully saturated rings. The van der Waals surface area contributed by atoms with Crippen LogP contribution in [-0.2, 0) is 17.8 Å². The van der Waals surface area contributed by atoms with E-state index in [0.29, 0.717) is 6.54 Å². The van der Waals surface area contributed by atoms with Gasteiger partial charge >= 0.3 is 0 Å². The summed E-state index contributed by atoms with van der Waals surface area (Å²) in [5.41, 5.74) is 11.1. The Morgan fingerprint density at radius 2 is 2.17 bits per heavy atom. The second-order valence-electron chi connectivity index (χ2n) is 5.68. The number of nitrogens with two attached hydrogens (primary N) is 1. The van der Waals surface area contributed by atoms with Crippen LogP contribution in [0.5, 0.6) is 0 Å². The van der Waals surface area contributed by atoms with Crippen LogP contribution in [0.3, 0.4) is 0 Å². The zero-order valence-electron chi connectivity index (χ0n) is 10.9. The summed E-state index contributed by atoms with van der Waals surface area (Å²) in [6.07, 6.45) is 3.71. The zero-order chi connectivity index (χ0) is 12.7. The van der Waals surface area contributed by atoms with Crippen LogP contribution >= 0.6 is 0 Å². The van der Waals surface area contributed by atoms with Crippen molar-refractivity contribution in [3.8, 4) is 0 Å². The molecule has 0 radical (unpaired) electrons. The lowest BCUT2D eigenvalue weighted by Crippen LogP contribution is -2.37. The first-order chi connectivity index (χ1) is 8.63. The Hall–Kier alpha value is -1.35. The fourth-order valence-corrected chi connectivity index (χ4v) is 3.00. The normalized spacial score (nSPS) is 19.6. The third-order valence-electron chi connectivity index (χ3n) is 4.08. The quantitative estimate of drug-likeness (QED) is 0.880. The fourth-order valence-electron chi connectivity index (χ4n) is 3.00. The average molecular weight is 244 g/mol. The fraction of sp³-hybridized carbons (Fsp3) is 0.533. The molecule has 1 aliphatic heterocycles. The number of hydrogen-bond acceptors (Lipinski definition) is 2. The van der Waals surface area contributed by atoms with Crippen LogP contribution in [0.1, 0.15) is 41.0 Å². The van der Waals surface area contributed by atoms with Crippen molar-refractivity contribution in [2.75, 3.05) is 13.1 Å². The highest BCUT2D eigenvalue weighted by atomic mass is 16.1. The number of aryl methyl sites for hydroxylation is 1. The molecule has 18 heavy (non-hydrogen) atoms. The minimum atomic E-state index is -0.229. The van der Waals surface area contributed by atoms with Crippen molar-refractivity contribution in [2.45, 2.75) is 38.6 Å². The van der Waals surface area contributed by atoms with E-state index in [-0.39, 0.29) is 5.91 Å². The van der Waals surface area contributed by atoms with Gasteiger partial charge in [0.25, 0.3) is 0 Å². The van der Waals surface area contributed by atoms with Gasteiger partial charge in [0, 0.05) is 13.1 Å². The molecule has 0 spiro atoms. The van der Waals surface area contributed by atoms with Gasteiger partial charge in [-0.1, -0.05) is 12.1 Å². The van der Waals surface area contributed by atoms with E-state index in [9.17, 15) is 4.79 Å². The molecule has 1 aromatic rings. The Labute approximate surface area is 108 Å². The Bertz CT molecular complexity index is 492. The number of benzene rings is 1. The highest BCUT2D eigenvalue weighted by molar-refractivity contribution is 5.76. The van der Waals surface area contributed by atoms with E-state index in [1.165, 1.54) is 35.1 Å². The number of amides is 1. The second kappa shape index (κ2) is 4.39. The van der Waals surface area contributed by atoms with Gasteiger partial charge in [0.05, 0.1) is 6.54 Å². The number of fused-ring (bicyclic) bond motifs is 1. The van der Waals surface area contributed by atoms with Gasteiger partial charge in [-0.15, -0.1) is 0 Å². The lowest BCUT2D eigenvalue weighted by atomic mass is 9.92. The van der Waals surface area contributed by atoms with Gasteiger partial charge in [0.15, 0.2) is 0 Å². The second-order valence-corrected chi connectivity index (χ2v) is 5.68. The third-order valence-corrected chi connectivity index (χ3v) is 4.08. The standard InChI is InChI=1S/C15H20N2O/c1-10-6-12-4-5-17(9-15(16)18)8-13(12)7-14(10)11-2-3-11/h6-7,11H,2-5,8-9H2,1H3,(H2,16,18). The predicted octanol–water partition coefficient (Wildman–Crippen LogP) is 1.72. The monoisotopic (exact) mass is 244 g/mol. The highest BCUT2D eigenvalue weighted by Gasteiger charge is 2.27. The van der Waals surface area contributed by atoms with Gasteiger partial charge < -0.3 is 5.73 Å². The number of rotatable bonds is 3. The van der Waals surface area contributed by atoms with Gasteiger partial charge in [-0.25, -0.2) is 0 Å². The lowest BCUT2D eigenvalue weighted by molar-refractivity contribution is -0.119. The SMILES string of the molecule is Cc1cc2c(cc1C1CC1)CN(CC(N)=O)CC2. The summed E-state index contributed by atoms with van der Waals surface area (Å²) in [6, 6.07) is 4.72. The Morgan fingerprint density at radius 1 is 1.39 bits per heavy atom. The molecule has 1 amide bonds. The Morgan fingerprint density at radius 3 is 2.83 bits per heavy atom. The predicted molar refractivity (Wildman–Crippen MR) is 71.3 cm³/mol. The van der Waals surface area contributed by atoms with Crippen LogP contribution in [-0.4, -0.2) is 23.9 Å². The van der Waals surface area contributed by atoms with Crippen molar-refractivity contribution in [1.82, 2.24) is 4.90 Å². The number of primary amides is 1. The van der Waals surface area contributed by atoms with Gasteiger partial charge in [-0.3, -0.25) is 9.69 Å². The molecule has 3 heteroatoms. The molecule has 1 heterocycles. The average Bonchev–Trinajstić information content (AvgIpc) is 3.12. The summed E-state index contributed by atoms with van der Waals surface area (Å²) in [5, 5.41) is 0. The van der Waals surface area contributed by atoms with Gasteiger partial charge in [0.1, 0.15) is 0 Å². The summed E-state index contributed by atoms with van der Waals surface area (Å²) < 4.78 is 0. The number of carbonyl (C=O) groups excluding carboxylic acids is 1. The van der Waals surface area contributed by atoms with Gasteiger partial charge in [-0.05, 0) is 54.4 Å². The highest BCUT2D eigenvalue weighted by Crippen LogP contribution is 2.42. The number of carbonyl (C=O) groups is 1. The van der Waals surface area contributed by atoms with Crippen LogP contribution in [0.15, 0.2) is 12.1 Å². The molecule has 1 aromatic carbocycles. The van der Waals surface area contributed by atoms with Crippen molar-refractivity contribution in [3.63, 3.8) is 0 Å². The first-order valence-corrected chi connectivity index (χ1v) is 6.76. The Kier molecular flexibility index (Phi) is 2.86. The first-order valence-electron chi connectivity index (χ1n) is 6.76. The number of nitrogens with zero attached hydrogens (tertiary/aromatic N) is 1. The molecule has 0 aromatic heterocycles. The molecular formula is C15H20N2O. The molecule has 3 rings (SSSR count). The molecule has 1 aliphatic carbocycles. The maximum Gasteiger partial charge on any atom is 0.231 e. The van der Waals surface area contributed by atoms with E-state index >= 15 is 0 Å². The van der Waals surface area contributed by atoms with E-state index in [1.54, 1.807) is 0 Å². The molecule has 0 saturated heterocycles. The van der Waals surface area contributed by atoms with E-state index in [4.69, 9.17) is 5.73 Å². The number of hydrogen-bond donors (Lipinski definition) is 1. The van der Waals surface area contributed by atoms with Crippen molar-refractivity contribution in [1.29, 1.82) is 0 Å². The van der Waals surface area contributed by atoms with Gasteiger partial charge in [-0.2, -0.15) is 0 Å². The third kappa shape index (κ3) is 2.27. The van der Waals surface area contributed by atoms with Crippen molar-refractivity contribution in [3.05, 3.63) is 34.4 Å². The van der Waals surface area contributed by atoms with E-state index in [1.807, 2.05) is 0 Å². The minimum absolute atomic E-state index is 0.229. The van der Waals surface area contributed by atoms with Crippen molar-refractivity contribution >= 4 is 5.91 Å². The molecular weight excluding hydrogens is 224 g/mol. The van der Waals surface area contributed by atoms with Crippen LogP contribution < -0.4 is 5.73 Å². The molecule has 3 nitrogen and oxygen atoms in total. The first kappa shape index (κ1) is 11.7. The topological polar surface area (TPSA) is 46.3 Å². The van der Waals surface area contributed by atoms with Crippen molar-refractivity contribution < 1.29 is 4.79 Å². The largest absolute Gasteiger partial charge is 0.369 e. The van der Waals surface area contributed by atoms with Crippen LogP contribution in [0.2, 0.25) is 0 Å². The molecule has 2 aliphatic rings. The maximum atomic E-state index is 11.0. The molecule has 1 saturated carbocycles. The van der Waals surface area contributed by atoms with E-state index < -0.39 is 0 Å². The summed E-state index contributed by atoms with van der Waals surface area (Å²) in [7, 11) is 0. The minimum Gasteiger partial charge on any atom is -0.369 e. The smallest absolute Gasteiger partial charge is 0.231 e. The van der Waals surface area contributed by atoms with Crippen LogP contribution in [0, 0.1) is 6.92 Å². The summed E-state index contributed by atoms with van der Waals surface area (Å²) in [6.45, 7) is 4.42. The van der Waals surface area contributed by atoms with E-state index in [0.717, 1.165) is 25.4 Å².